The van der Waals surface area contributed by atoms with Crippen molar-refractivity contribution in [2.45, 2.75) is 46.1 Å². The Labute approximate surface area is 267 Å². The quantitative estimate of drug-likeness (QED) is 0.170. The van der Waals surface area contributed by atoms with Gasteiger partial charge < -0.3 is 25.8 Å². The average Bonchev–Trinajstić information content (AvgIpc) is 3.50. The Bertz CT molecular complexity index is 1900. The fourth-order valence-electron chi connectivity index (χ4n) is 6.14. The molecule has 1 saturated heterocycles. The highest BCUT2D eigenvalue weighted by atomic mass is 19.1. The van der Waals surface area contributed by atoms with E-state index < -0.39 is 17.2 Å². The molecule has 6 rings (SSSR count). The number of nitrogens with zero attached hydrogens (tertiary/aromatic N) is 2. The van der Waals surface area contributed by atoms with E-state index in [-0.39, 0.29) is 33.9 Å². The van der Waals surface area contributed by atoms with Gasteiger partial charge in [0.25, 0.3) is 5.91 Å². The monoisotopic (exact) mass is 625 g/mol. The minimum absolute atomic E-state index is 0.0798. The van der Waals surface area contributed by atoms with Crippen LogP contribution in [-0.2, 0) is 6.42 Å². The molecule has 3 heterocycles. The standard InChI is InChI=1S/C33H31FN4O4.C3H9N/c1-3-9-36-29-24-12-20-11-18(2)23(31(40)22-7-5-4-6-19(22)17-39)14-28(20)38-16-26(33(42)37-10-8-21(35)15-37)32(41)25(30(24)38)13-27(29)34;1-3-4-2/h4-7,11,13-14,16-17,21,36H,3,8-10,12,15,35H2,1-2H3;4H,3H2,1-2H3. The first-order chi connectivity index (χ1) is 22.1. The molecule has 3 aromatic carbocycles. The molecule has 2 aliphatic heterocycles. The lowest BCUT2D eigenvalue weighted by Crippen LogP contribution is -2.35. The molecule has 0 radical (unpaired) electrons. The second kappa shape index (κ2) is 13.8. The minimum Gasteiger partial charge on any atom is -0.382 e. The van der Waals surface area contributed by atoms with Crippen molar-refractivity contribution in [1.82, 2.24) is 14.8 Å². The second-order valence-electron chi connectivity index (χ2n) is 11.8. The van der Waals surface area contributed by atoms with E-state index in [1.165, 1.54) is 12.3 Å². The zero-order valence-corrected chi connectivity index (χ0v) is 26.7. The first-order valence-corrected chi connectivity index (χ1v) is 15.7. The second-order valence-corrected chi connectivity index (χ2v) is 11.8. The van der Waals surface area contributed by atoms with Crippen LogP contribution in [0, 0.1) is 12.7 Å². The number of amides is 1. The van der Waals surface area contributed by atoms with Crippen molar-refractivity contribution in [2.75, 3.05) is 38.5 Å². The van der Waals surface area contributed by atoms with Gasteiger partial charge in [-0.3, -0.25) is 19.2 Å². The molecule has 1 atom stereocenters. The third-order valence-electron chi connectivity index (χ3n) is 8.62. The molecule has 10 heteroatoms. The summed E-state index contributed by atoms with van der Waals surface area (Å²) in [6, 6.07) is 11.3. The summed E-state index contributed by atoms with van der Waals surface area (Å²) in [5, 5.41) is 6.22. The number of aryl methyl sites for hydroxylation is 1. The predicted molar refractivity (Wildman–Crippen MR) is 179 cm³/mol. The van der Waals surface area contributed by atoms with E-state index >= 15 is 4.39 Å². The third-order valence-corrected chi connectivity index (χ3v) is 8.62. The van der Waals surface area contributed by atoms with Gasteiger partial charge in [-0.25, -0.2) is 4.39 Å². The van der Waals surface area contributed by atoms with Crippen LogP contribution in [0.15, 0.2) is 53.5 Å². The van der Waals surface area contributed by atoms with Crippen LogP contribution in [0.4, 0.5) is 10.1 Å². The SMILES string of the molecule is CCCNc1c(F)cc2c(=O)c(C(=O)N3CCC(N)C3)cn3c2c1Cc1cc(C)c(C(=O)c2ccccc2C=O)cc1-3.CCNC. The van der Waals surface area contributed by atoms with Crippen molar-refractivity contribution in [2.24, 2.45) is 5.73 Å². The van der Waals surface area contributed by atoms with E-state index in [4.69, 9.17) is 5.73 Å². The summed E-state index contributed by atoms with van der Waals surface area (Å²) < 4.78 is 17.3. The Morgan fingerprint density at radius 2 is 1.85 bits per heavy atom. The molecule has 4 aromatic rings. The maximum atomic E-state index is 15.6. The lowest BCUT2D eigenvalue weighted by atomic mass is 9.88. The predicted octanol–water partition coefficient (Wildman–Crippen LogP) is 4.61. The molecule has 46 heavy (non-hydrogen) atoms. The molecule has 1 amide bonds. The maximum Gasteiger partial charge on any atom is 0.259 e. The molecule has 1 aromatic heterocycles. The average molecular weight is 626 g/mol. The third kappa shape index (κ3) is 5.98. The molecular formula is C36H40FN5O4. The van der Waals surface area contributed by atoms with Gasteiger partial charge in [0.2, 0.25) is 5.43 Å². The van der Waals surface area contributed by atoms with Gasteiger partial charge in [0.1, 0.15) is 11.4 Å². The summed E-state index contributed by atoms with van der Waals surface area (Å²) in [7, 11) is 1.93. The molecule has 0 bridgehead atoms. The van der Waals surface area contributed by atoms with Crippen LogP contribution in [0.5, 0.6) is 0 Å². The summed E-state index contributed by atoms with van der Waals surface area (Å²) in [5.74, 6) is -1.32. The maximum absolute atomic E-state index is 15.6. The number of nitrogens with one attached hydrogen (secondary N) is 2. The van der Waals surface area contributed by atoms with Gasteiger partial charge in [-0.15, -0.1) is 0 Å². The largest absolute Gasteiger partial charge is 0.382 e. The Morgan fingerprint density at radius 3 is 2.50 bits per heavy atom. The number of carbonyl (C=O) groups excluding carboxylic acids is 3. The summed E-state index contributed by atoms with van der Waals surface area (Å²) in [6.45, 7) is 8.25. The Hall–Kier alpha value is -4.67. The fourth-order valence-corrected chi connectivity index (χ4v) is 6.14. The summed E-state index contributed by atoms with van der Waals surface area (Å²) >= 11 is 0. The Kier molecular flexibility index (Phi) is 9.79. The number of likely N-dealkylation sites (tertiary alicyclic amines) is 1. The lowest BCUT2D eigenvalue weighted by molar-refractivity contribution is 0.0789. The number of halogens is 1. The molecule has 9 nitrogen and oxygen atoms in total. The first-order valence-electron chi connectivity index (χ1n) is 15.7. The normalized spacial score (nSPS) is 14.8. The Balaban J connectivity index is 0.000000985. The number of fused-ring (bicyclic) bond motifs is 2. The van der Waals surface area contributed by atoms with Crippen LogP contribution >= 0.6 is 0 Å². The van der Waals surface area contributed by atoms with Crippen molar-refractivity contribution < 1.29 is 18.8 Å². The number of aldehydes is 1. The van der Waals surface area contributed by atoms with Crippen molar-refractivity contribution >= 4 is 34.6 Å². The molecule has 4 N–H and O–H groups in total. The molecule has 240 valence electrons. The van der Waals surface area contributed by atoms with Gasteiger partial charge in [0.15, 0.2) is 12.1 Å². The number of rotatable bonds is 8. The van der Waals surface area contributed by atoms with Crippen molar-refractivity contribution in [3.05, 3.63) is 104 Å². The van der Waals surface area contributed by atoms with Gasteiger partial charge in [-0.05, 0) is 56.6 Å². The van der Waals surface area contributed by atoms with Gasteiger partial charge in [-0.2, -0.15) is 0 Å². The molecule has 0 spiro atoms. The lowest BCUT2D eigenvalue weighted by Gasteiger charge is -2.28. The van der Waals surface area contributed by atoms with Crippen LogP contribution in [0.25, 0.3) is 16.6 Å². The number of carbonyl (C=O) groups is 3. The van der Waals surface area contributed by atoms with E-state index in [1.807, 2.05) is 27.0 Å². The van der Waals surface area contributed by atoms with Crippen molar-refractivity contribution in [3.8, 4) is 5.69 Å². The van der Waals surface area contributed by atoms with Gasteiger partial charge in [0.05, 0.1) is 16.6 Å². The molecule has 1 fully saturated rings. The Morgan fingerprint density at radius 1 is 1.11 bits per heavy atom. The van der Waals surface area contributed by atoms with E-state index in [0.29, 0.717) is 72.3 Å². The molecule has 0 aliphatic carbocycles. The van der Waals surface area contributed by atoms with Crippen LogP contribution in [0.2, 0.25) is 0 Å². The summed E-state index contributed by atoms with van der Waals surface area (Å²) in [5.41, 5.74) is 9.95. The summed E-state index contributed by atoms with van der Waals surface area (Å²) in [4.78, 5) is 54.3. The molecule has 1 unspecified atom stereocenters. The number of ketones is 1. The van der Waals surface area contributed by atoms with Crippen LogP contribution in [-0.4, -0.2) is 66.7 Å². The van der Waals surface area contributed by atoms with Gasteiger partial charge >= 0.3 is 0 Å². The fraction of sp³-hybridized carbons (Fsp3) is 0.333. The first kappa shape index (κ1) is 32.7. The zero-order valence-electron chi connectivity index (χ0n) is 26.7. The van der Waals surface area contributed by atoms with E-state index in [9.17, 15) is 19.2 Å². The molecule has 0 saturated carbocycles. The van der Waals surface area contributed by atoms with Gasteiger partial charge in [-0.1, -0.05) is 44.2 Å². The highest BCUT2D eigenvalue weighted by Crippen LogP contribution is 2.38. The summed E-state index contributed by atoms with van der Waals surface area (Å²) in [6.07, 6.45) is 3.91. The molecule has 2 aliphatic rings. The van der Waals surface area contributed by atoms with Crippen molar-refractivity contribution in [1.29, 1.82) is 0 Å². The van der Waals surface area contributed by atoms with E-state index in [0.717, 1.165) is 18.5 Å². The number of nitrogens with two attached hydrogens (primary N) is 1. The number of anilines is 1. The smallest absolute Gasteiger partial charge is 0.259 e. The highest BCUT2D eigenvalue weighted by molar-refractivity contribution is 6.14. The zero-order chi connectivity index (χ0) is 33.1. The number of benzene rings is 3. The van der Waals surface area contributed by atoms with Gasteiger partial charge in [0, 0.05) is 66.2 Å². The van der Waals surface area contributed by atoms with E-state index in [1.54, 1.807) is 39.8 Å². The highest BCUT2D eigenvalue weighted by Gasteiger charge is 2.31. The number of aromatic nitrogens is 1. The number of hydrogen-bond donors (Lipinski definition) is 3. The van der Waals surface area contributed by atoms with E-state index in [2.05, 4.69) is 17.6 Å². The van der Waals surface area contributed by atoms with Crippen molar-refractivity contribution in [3.63, 3.8) is 0 Å². The topological polar surface area (TPSA) is 127 Å². The van der Waals surface area contributed by atoms with Crippen LogP contribution in [0.3, 0.4) is 0 Å². The molecular weight excluding hydrogens is 585 g/mol. The minimum atomic E-state index is -0.556. The van der Waals surface area contributed by atoms with Crippen LogP contribution < -0.4 is 21.8 Å². The number of pyridine rings is 1. The number of hydrogen-bond acceptors (Lipinski definition) is 7. The van der Waals surface area contributed by atoms with Crippen LogP contribution in [0.1, 0.15) is 80.0 Å².